The van der Waals surface area contributed by atoms with Crippen molar-refractivity contribution in [3.63, 3.8) is 0 Å². The summed E-state index contributed by atoms with van der Waals surface area (Å²) >= 11 is 0. The van der Waals surface area contributed by atoms with Crippen LogP contribution in [0.1, 0.15) is 12.8 Å². The number of rotatable bonds is 5. The number of hydrogen-bond donors (Lipinski definition) is 1. The zero-order valence-corrected chi connectivity index (χ0v) is 14.8. The van der Waals surface area contributed by atoms with Gasteiger partial charge in [-0.1, -0.05) is 24.3 Å². The van der Waals surface area contributed by atoms with E-state index in [1.165, 1.54) is 25.0 Å². The van der Waals surface area contributed by atoms with Gasteiger partial charge in [-0.25, -0.2) is 9.37 Å². The highest BCUT2D eigenvalue weighted by Crippen LogP contribution is 2.27. The van der Waals surface area contributed by atoms with Gasteiger partial charge in [-0.15, -0.1) is 0 Å². The summed E-state index contributed by atoms with van der Waals surface area (Å²) in [6.45, 7) is 1.79. The van der Waals surface area contributed by atoms with E-state index in [0.29, 0.717) is 5.75 Å². The van der Waals surface area contributed by atoms with Crippen molar-refractivity contribution in [3.05, 3.63) is 60.4 Å². The number of anilines is 2. The van der Waals surface area contributed by atoms with E-state index < -0.39 is 11.7 Å². The highest BCUT2D eigenvalue weighted by Gasteiger charge is 2.15. The minimum atomic E-state index is -0.479. The molecule has 5 nitrogen and oxygen atoms in total. The van der Waals surface area contributed by atoms with Crippen LogP contribution in [0.5, 0.6) is 5.75 Å². The topological polar surface area (TPSA) is 54.5 Å². The zero-order chi connectivity index (χ0) is 18.6. The lowest BCUT2D eigenvalue weighted by atomic mass is 10.2. The Kier molecular flexibility index (Phi) is 4.87. The third kappa shape index (κ3) is 3.84. The van der Waals surface area contributed by atoms with Crippen LogP contribution in [0, 0.1) is 5.82 Å². The number of ether oxygens (including phenoxy) is 1. The first kappa shape index (κ1) is 17.3. The van der Waals surface area contributed by atoms with Gasteiger partial charge in [0.25, 0.3) is 5.91 Å². The molecule has 0 radical (unpaired) electrons. The van der Waals surface area contributed by atoms with E-state index >= 15 is 0 Å². The molecule has 0 unspecified atom stereocenters. The SMILES string of the molecule is O=C(COc1cccc2ccc(N3CCCC3)nc12)Nc1ccccc1F. The summed E-state index contributed by atoms with van der Waals surface area (Å²) in [5, 5.41) is 3.47. The number of carbonyl (C=O) groups excluding carboxylic acids is 1. The maximum atomic E-state index is 13.6. The molecule has 1 aromatic heterocycles. The number of nitrogens with one attached hydrogen (secondary N) is 1. The maximum absolute atomic E-state index is 13.6. The normalized spacial score (nSPS) is 13.7. The molecule has 1 saturated heterocycles. The van der Waals surface area contributed by atoms with Gasteiger partial charge >= 0.3 is 0 Å². The van der Waals surface area contributed by atoms with E-state index in [0.717, 1.165) is 29.8 Å². The van der Waals surface area contributed by atoms with Gasteiger partial charge in [-0.3, -0.25) is 4.79 Å². The van der Waals surface area contributed by atoms with Gasteiger partial charge in [0.05, 0.1) is 5.69 Å². The minimum absolute atomic E-state index is 0.137. The molecule has 1 amide bonds. The third-order valence-corrected chi connectivity index (χ3v) is 4.61. The van der Waals surface area contributed by atoms with Gasteiger partial charge in [0, 0.05) is 18.5 Å². The van der Waals surface area contributed by atoms with Crippen molar-refractivity contribution in [1.29, 1.82) is 0 Å². The van der Waals surface area contributed by atoms with Crippen molar-refractivity contribution in [3.8, 4) is 5.75 Å². The minimum Gasteiger partial charge on any atom is -0.481 e. The number of para-hydroxylation sites is 2. The maximum Gasteiger partial charge on any atom is 0.262 e. The molecular weight excluding hydrogens is 345 g/mol. The Hall–Kier alpha value is -3.15. The van der Waals surface area contributed by atoms with Crippen molar-refractivity contribution in [1.82, 2.24) is 4.98 Å². The first-order valence-electron chi connectivity index (χ1n) is 9.02. The van der Waals surface area contributed by atoms with E-state index in [-0.39, 0.29) is 12.3 Å². The van der Waals surface area contributed by atoms with Crippen LogP contribution in [0.3, 0.4) is 0 Å². The average Bonchev–Trinajstić information content (AvgIpc) is 3.22. The summed E-state index contributed by atoms with van der Waals surface area (Å²) < 4.78 is 19.3. The highest BCUT2D eigenvalue weighted by atomic mass is 19.1. The van der Waals surface area contributed by atoms with Crippen molar-refractivity contribution in [2.75, 3.05) is 29.9 Å². The summed E-state index contributed by atoms with van der Waals surface area (Å²) in [5.74, 6) is 0.560. The second-order valence-corrected chi connectivity index (χ2v) is 6.51. The number of amides is 1. The van der Waals surface area contributed by atoms with Gasteiger partial charge < -0.3 is 15.0 Å². The Morgan fingerprint density at radius 2 is 1.89 bits per heavy atom. The number of halogens is 1. The van der Waals surface area contributed by atoms with E-state index in [2.05, 4.69) is 10.2 Å². The van der Waals surface area contributed by atoms with E-state index in [4.69, 9.17) is 9.72 Å². The van der Waals surface area contributed by atoms with E-state index in [1.807, 2.05) is 24.3 Å². The fourth-order valence-corrected chi connectivity index (χ4v) is 3.24. The van der Waals surface area contributed by atoms with E-state index in [1.54, 1.807) is 18.2 Å². The molecular formula is C21H20FN3O2. The van der Waals surface area contributed by atoms with Crippen LogP contribution in [0.25, 0.3) is 10.9 Å². The molecule has 2 heterocycles. The molecule has 6 heteroatoms. The van der Waals surface area contributed by atoms with Gasteiger partial charge in [0.15, 0.2) is 6.61 Å². The van der Waals surface area contributed by atoms with Crippen LogP contribution in [-0.2, 0) is 4.79 Å². The summed E-state index contributed by atoms with van der Waals surface area (Å²) in [6, 6.07) is 15.7. The Morgan fingerprint density at radius 3 is 2.70 bits per heavy atom. The highest BCUT2D eigenvalue weighted by molar-refractivity contribution is 5.92. The number of pyridine rings is 1. The van der Waals surface area contributed by atoms with Crippen LogP contribution in [0.4, 0.5) is 15.9 Å². The van der Waals surface area contributed by atoms with Crippen molar-refractivity contribution >= 4 is 28.3 Å². The summed E-state index contributed by atoms with van der Waals surface area (Å²) in [6.07, 6.45) is 2.35. The van der Waals surface area contributed by atoms with Crippen LogP contribution in [0.2, 0.25) is 0 Å². The number of fused-ring (bicyclic) bond motifs is 1. The Morgan fingerprint density at radius 1 is 1.07 bits per heavy atom. The monoisotopic (exact) mass is 365 g/mol. The average molecular weight is 365 g/mol. The number of carbonyl (C=O) groups is 1. The predicted molar refractivity (Wildman–Crippen MR) is 104 cm³/mol. The van der Waals surface area contributed by atoms with Gasteiger partial charge in [-0.05, 0) is 43.2 Å². The lowest BCUT2D eigenvalue weighted by Gasteiger charge is -2.17. The number of aromatic nitrogens is 1. The quantitative estimate of drug-likeness (QED) is 0.743. The first-order valence-corrected chi connectivity index (χ1v) is 9.02. The number of nitrogens with zero attached hydrogens (tertiary/aromatic N) is 2. The molecule has 1 fully saturated rings. The molecule has 1 aliphatic heterocycles. The lowest BCUT2D eigenvalue weighted by molar-refractivity contribution is -0.118. The fourth-order valence-electron chi connectivity index (χ4n) is 3.24. The summed E-state index contributed by atoms with van der Waals surface area (Å²) in [4.78, 5) is 19.1. The Bertz CT molecular complexity index is 971. The van der Waals surface area contributed by atoms with Crippen LogP contribution >= 0.6 is 0 Å². The van der Waals surface area contributed by atoms with Crippen LogP contribution in [0.15, 0.2) is 54.6 Å². The van der Waals surface area contributed by atoms with Gasteiger partial charge in [-0.2, -0.15) is 0 Å². The molecule has 1 aliphatic rings. The molecule has 2 aromatic carbocycles. The van der Waals surface area contributed by atoms with Gasteiger partial charge in [0.2, 0.25) is 0 Å². The van der Waals surface area contributed by atoms with Crippen LogP contribution < -0.4 is 15.0 Å². The van der Waals surface area contributed by atoms with Crippen molar-refractivity contribution in [2.45, 2.75) is 12.8 Å². The standard InChI is InChI=1S/C21H20FN3O2/c22-16-7-1-2-8-17(16)23-20(26)14-27-18-9-5-6-15-10-11-19(24-21(15)18)25-12-3-4-13-25/h1-2,5-11H,3-4,12-14H2,(H,23,26). The van der Waals surface area contributed by atoms with E-state index in [9.17, 15) is 9.18 Å². The largest absolute Gasteiger partial charge is 0.481 e. The van der Waals surface area contributed by atoms with Gasteiger partial charge in [0.1, 0.15) is 22.9 Å². The predicted octanol–water partition coefficient (Wildman–Crippen LogP) is 3.99. The zero-order valence-electron chi connectivity index (χ0n) is 14.8. The molecule has 0 saturated carbocycles. The van der Waals surface area contributed by atoms with Crippen molar-refractivity contribution < 1.29 is 13.9 Å². The molecule has 4 rings (SSSR count). The lowest BCUT2D eigenvalue weighted by Crippen LogP contribution is -2.21. The Labute approximate surface area is 156 Å². The summed E-state index contributed by atoms with van der Waals surface area (Å²) in [5.41, 5.74) is 0.860. The second kappa shape index (κ2) is 7.61. The second-order valence-electron chi connectivity index (χ2n) is 6.51. The fraction of sp³-hybridized carbons (Fsp3) is 0.238. The molecule has 1 N–H and O–H groups in total. The smallest absolute Gasteiger partial charge is 0.262 e. The molecule has 0 aliphatic carbocycles. The van der Waals surface area contributed by atoms with Crippen molar-refractivity contribution in [2.24, 2.45) is 0 Å². The first-order chi connectivity index (χ1) is 13.2. The molecule has 0 atom stereocenters. The molecule has 3 aromatic rings. The molecule has 0 spiro atoms. The third-order valence-electron chi connectivity index (χ3n) is 4.61. The Balaban J connectivity index is 1.50. The number of hydrogen-bond acceptors (Lipinski definition) is 4. The number of benzene rings is 2. The molecule has 27 heavy (non-hydrogen) atoms. The molecule has 138 valence electrons. The molecule has 0 bridgehead atoms. The van der Waals surface area contributed by atoms with Crippen LogP contribution in [-0.4, -0.2) is 30.6 Å². The summed E-state index contributed by atoms with van der Waals surface area (Å²) in [7, 11) is 0.